The van der Waals surface area contributed by atoms with Crippen LogP contribution in [0.4, 0.5) is 13.2 Å². The molecule has 0 atom stereocenters. The number of aryl methyl sites for hydroxylation is 1. The van der Waals surface area contributed by atoms with Gasteiger partial charge in [0, 0.05) is 11.6 Å². The Labute approximate surface area is 78.5 Å². The summed E-state index contributed by atoms with van der Waals surface area (Å²) in [4.78, 5) is 3.37. The third-order valence-corrected chi connectivity index (χ3v) is 1.77. The summed E-state index contributed by atoms with van der Waals surface area (Å²) in [6.07, 6.45) is -4.40. The lowest BCUT2D eigenvalue weighted by atomic mass is 10.2. The highest BCUT2D eigenvalue weighted by molar-refractivity contribution is 6.17. The lowest BCUT2D eigenvalue weighted by Crippen LogP contribution is -2.09. The van der Waals surface area contributed by atoms with Gasteiger partial charge in [0.25, 0.3) is 0 Å². The van der Waals surface area contributed by atoms with Gasteiger partial charge in [-0.05, 0) is 24.6 Å². The van der Waals surface area contributed by atoms with E-state index in [9.17, 15) is 13.2 Å². The van der Waals surface area contributed by atoms with E-state index in [0.29, 0.717) is 11.3 Å². The Balaban J connectivity index is 3.16. The van der Waals surface area contributed by atoms with Crippen LogP contribution < -0.4 is 0 Å². The topological polar surface area (TPSA) is 12.9 Å². The molecule has 1 aromatic heterocycles. The summed E-state index contributed by atoms with van der Waals surface area (Å²) >= 11 is 5.43. The number of nitrogens with zero attached hydrogens (tertiary/aromatic N) is 1. The zero-order valence-electron chi connectivity index (χ0n) is 6.82. The molecule has 1 heterocycles. The summed E-state index contributed by atoms with van der Waals surface area (Å²) in [7, 11) is 0. The Morgan fingerprint density at radius 3 is 2.46 bits per heavy atom. The Morgan fingerprint density at radius 1 is 1.38 bits per heavy atom. The molecule has 0 radical (unpaired) electrons. The van der Waals surface area contributed by atoms with Gasteiger partial charge in [-0.15, -0.1) is 11.6 Å². The van der Waals surface area contributed by atoms with Gasteiger partial charge >= 0.3 is 6.18 Å². The maximum Gasteiger partial charge on any atom is 0.433 e. The standard InChI is InChI=1S/C8H7ClF3N/c1-5-2-6(4-9)3-7(13-5)8(10,11)12/h2-3H,4H2,1H3. The molecule has 0 aliphatic heterocycles. The first-order valence-corrected chi connectivity index (χ1v) is 4.07. The molecule has 0 saturated heterocycles. The quantitative estimate of drug-likeness (QED) is 0.648. The summed E-state index contributed by atoms with van der Waals surface area (Å²) in [5, 5.41) is 0. The van der Waals surface area contributed by atoms with Gasteiger partial charge < -0.3 is 0 Å². The molecule has 13 heavy (non-hydrogen) atoms. The third-order valence-electron chi connectivity index (χ3n) is 1.46. The molecular formula is C8H7ClF3N. The fraction of sp³-hybridized carbons (Fsp3) is 0.375. The highest BCUT2D eigenvalue weighted by atomic mass is 35.5. The average molecular weight is 210 g/mol. The Kier molecular flexibility index (Phi) is 2.81. The van der Waals surface area contributed by atoms with Crippen molar-refractivity contribution in [1.29, 1.82) is 0 Å². The van der Waals surface area contributed by atoms with Crippen LogP contribution in [0, 0.1) is 6.92 Å². The second-order valence-corrected chi connectivity index (χ2v) is 2.90. The van der Waals surface area contributed by atoms with Crippen molar-refractivity contribution in [2.75, 3.05) is 0 Å². The molecule has 0 fully saturated rings. The van der Waals surface area contributed by atoms with Crippen LogP contribution in [0.5, 0.6) is 0 Å². The first-order chi connectivity index (χ1) is 5.93. The van der Waals surface area contributed by atoms with Crippen molar-refractivity contribution >= 4 is 11.6 Å². The van der Waals surface area contributed by atoms with Gasteiger partial charge in [-0.2, -0.15) is 13.2 Å². The summed E-state index contributed by atoms with van der Waals surface area (Å²) in [6, 6.07) is 2.49. The third kappa shape index (κ3) is 2.59. The lowest BCUT2D eigenvalue weighted by molar-refractivity contribution is -0.141. The van der Waals surface area contributed by atoms with Crippen molar-refractivity contribution in [3.05, 3.63) is 29.1 Å². The Hall–Kier alpha value is -0.770. The van der Waals surface area contributed by atoms with E-state index >= 15 is 0 Å². The number of pyridine rings is 1. The molecule has 0 bridgehead atoms. The van der Waals surface area contributed by atoms with Crippen LogP contribution in [0.3, 0.4) is 0 Å². The number of hydrogen-bond acceptors (Lipinski definition) is 1. The van der Waals surface area contributed by atoms with E-state index in [2.05, 4.69) is 4.98 Å². The van der Waals surface area contributed by atoms with Gasteiger partial charge in [-0.1, -0.05) is 0 Å². The molecule has 0 N–H and O–H groups in total. The van der Waals surface area contributed by atoms with Gasteiger partial charge in [0.15, 0.2) is 0 Å². The minimum atomic E-state index is -4.40. The molecule has 5 heteroatoms. The Morgan fingerprint density at radius 2 is 2.00 bits per heavy atom. The molecule has 0 unspecified atom stereocenters. The predicted molar refractivity (Wildman–Crippen MR) is 43.5 cm³/mol. The smallest absolute Gasteiger partial charge is 0.249 e. The van der Waals surface area contributed by atoms with E-state index < -0.39 is 11.9 Å². The van der Waals surface area contributed by atoms with Crippen molar-refractivity contribution < 1.29 is 13.2 Å². The van der Waals surface area contributed by atoms with Crippen LogP contribution in [-0.4, -0.2) is 4.98 Å². The fourth-order valence-corrected chi connectivity index (χ4v) is 1.12. The van der Waals surface area contributed by atoms with E-state index in [-0.39, 0.29) is 5.88 Å². The second kappa shape index (κ2) is 3.54. The number of aromatic nitrogens is 1. The van der Waals surface area contributed by atoms with E-state index in [0.717, 1.165) is 6.07 Å². The predicted octanol–water partition coefficient (Wildman–Crippen LogP) is 3.15. The van der Waals surface area contributed by atoms with Crippen molar-refractivity contribution in [3.63, 3.8) is 0 Å². The van der Waals surface area contributed by atoms with Gasteiger partial charge in [-0.3, -0.25) is 0 Å². The summed E-state index contributed by atoms with van der Waals surface area (Å²) in [6.45, 7) is 1.51. The van der Waals surface area contributed by atoms with Crippen molar-refractivity contribution in [2.24, 2.45) is 0 Å². The molecule has 0 spiro atoms. The van der Waals surface area contributed by atoms with Crippen LogP contribution >= 0.6 is 11.6 Å². The maximum atomic E-state index is 12.2. The first kappa shape index (κ1) is 10.3. The fourth-order valence-electron chi connectivity index (χ4n) is 0.962. The summed E-state index contributed by atoms with van der Waals surface area (Å²) in [5.41, 5.74) is -0.130. The maximum absolute atomic E-state index is 12.2. The Bertz CT molecular complexity index is 309. The first-order valence-electron chi connectivity index (χ1n) is 3.54. The lowest BCUT2D eigenvalue weighted by Gasteiger charge is -2.07. The van der Waals surface area contributed by atoms with Gasteiger partial charge in [0.2, 0.25) is 0 Å². The van der Waals surface area contributed by atoms with Crippen molar-refractivity contribution in [1.82, 2.24) is 4.98 Å². The SMILES string of the molecule is Cc1cc(CCl)cc(C(F)(F)F)n1. The molecule has 0 saturated carbocycles. The molecule has 0 aliphatic carbocycles. The highest BCUT2D eigenvalue weighted by Gasteiger charge is 2.32. The largest absolute Gasteiger partial charge is 0.433 e. The molecule has 0 aromatic carbocycles. The summed E-state index contributed by atoms with van der Waals surface area (Å²) < 4.78 is 36.5. The summed E-state index contributed by atoms with van der Waals surface area (Å²) in [5.74, 6) is 0.0619. The molecule has 1 rings (SSSR count). The number of hydrogen-bond donors (Lipinski definition) is 0. The van der Waals surface area contributed by atoms with Crippen LogP contribution in [0.1, 0.15) is 17.0 Å². The molecule has 1 aromatic rings. The van der Waals surface area contributed by atoms with E-state index in [1.807, 2.05) is 0 Å². The molecule has 1 nitrogen and oxygen atoms in total. The average Bonchev–Trinajstić information content (AvgIpc) is 2.01. The van der Waals surface area contributed by atoms with Crippen LogP contribution in [0.25, 0.3) is 0 Å². The van der Waals surface area contributed by atoms with E-state index in [4.69, 9.17) is 11.6 Å². The van der Waals surface area contributed by atoms with Gasteiger partial charge in [-0.25, -0.2) is 4.98 Å². The molecule has 0 amide bonds. The molecular weight excluding hydrogens is 203 g/mol. The van der Waals surface area contributed by atoms with Gasteiger partial charge in [0.05, 0.1) is 0 Å². The number of halogens is 4. The monoisotopic (exact) mass is 209 g/mol. The van der Waals surface area contributed by atoms with Crippen LogP contribution in [-0.2, 0) is 12.1 Å². The van der Waals surface area contributed by atoms with Gasteiger partial charge in [0.1, 0.15) is 5.69 Å². The van der Waals surface area contributed by atoms with Crippen molar-refractivity contribution in [2.45, 2.75) is 19.0 Å². The molecule has 0 aliphatic rings. The second-order valence-electron chi connectivity index (χ2n) is 2.63. The minimum absolute atomic E-state index is 0.0619. The number of alkyl halides is 4. The van der Waals surface area contributed by atoms with Crippen molar-refractivity contribution in [3.8, 4) is 0 Å². The minimum Gasteiger partial charge on any atom is -0.249 e. The molecule has 72 valence electrons. The zero-order valence-corrected chi connectivity index (χ0v) is 7.58. The van der Waals surface area contributed by atoms with E-state index in [1.54, 1.807) is 0 Å². The van der Waals surface area contributed by atoms with E-state index in [1.165, 1.54) is 13.0 Å². The highest BCUT2D eigenvalue weighted by Crippen LogP contribution is 2.28. The van der Waals surface area contributed by atoms with Crippen LogP contribution in [0.15, 0.2) is 12.1 Å². The normalized spacial score (nSPS) is 11.8. The zero-order chi connectivity index (χ0) is 10.1. The number of rotatable bonds is 1. The van der Waals surface area contributed by atoms with Crippen LogP contribution in [0.2, 0.25) is 0 Å².